The molecular weight excluding hydrogens is 395 g/mol. The van der Waals surface area contributed by atoms with Crippen molar-refractivity contribution in [2.45, 2.75) is 6.42 Å². The molecule has 0 bridgehead atoms. The second-order valence-electron chi connectivity index (χ2n) is 4.91. The van der Waals surface area contributed by atoms with E-state index in [1.54, 1.807) is 20.3 Å². The normalized spacial score (nSPS) is 10.2. The first-order valence-electron chi connectivity index (χ1n) is 7.25. The average molecular weight is 413 g/mol. The molecule has 0 radical (unpaired) electrons. The largest absolute Gasteiger partial charge is 0.493 e. The molecule has 128 valence electrons. The molecule has 0 aliphatic rings. The van der Waals surface area contributed by atoms with Gasteiger partial charge in [0.25, 0.3) is 0 Å². The summed E-state index contributed by atoms with van der Waals surface area (Å²) in [5, 5.41) is 6.61. The van der Waals surface area contributed by atoms with Crippen LogP contribution in [-0.2, 0) is 6.42 Å². The van der Waals surface area contributed by atoms with Crippen LogP contribution in [0.2, 0.25) is 0 Å². The van der Waals surface area contributed by atoms with Gasteiger partial charge in [0.15, 0.2) is 16.6 Å². The van der Waals surface area contributed by atoms with E-state index >= 15 is 0 Å². The monoisotopic (exact) mass is 412 g/mol. The van der Waals surface area contributed by atoms with Crippen molar-refractivity contribution in [2.24, 2.45) is 0 Å². The smallest absolute Gasteiger partial charge is 0.170 e. The number of para-hydroxylation sites is 1. The van der Waals surface area contributed by atoms with Crippen LogP contribution in [0.4, 0.5) is 10.1 Å². The summed E-state index contributed by atoms with van der Waals surface area (Å²) in [5.41, 5.74) is 1.72. The van der Waals surface area contributed by atoms with E-state index in [9.17, 15) is 4.39 Å². The molecule has 4 nitrogen and oxygen atoms in total. The SMILES string of the molecule is COc1cccc(CCNC(=S)Nc2ccc(F)cc2Br)c1OC. The van der Waals surface area contributed by atoms with Crippen LogP contribution in [0, 0.1) is 5.82 Å². The third-order valence-corrected chi connectivity index (χ3v) is 4.25. The summed E-state index contributed by atoms with van der Waals surface area (Å²) in [4.78, 5) is 0. The van der Waals surface area contributed by atoms with Crippen LogP contribution in [0.3, 0.4) is 0 Å². The maximum atomic E-state index is 13.1. The molecule has 0 aliphatic carbocycles. The fraction of sp³-hybridized carbons (Fsp3) is 0.235. The van der Waals surface area contributed by atoms with Gasteiger partial charge in [-0.3, -0.25) is 0 Å². The zero-order chi connectivity index (χ0) is 17.5. The van der Waals surface area contributed by atoms with Crippen molar-refractivity contribution in [3.05, 3.63) is 52.3 Å². The van der Waals surface area contributed by atoms with Crippen LogP contribution in [0.15, 0.2) is 40.9 Å². The van der Waals surface area contributed by atoms with Crippen LogP contribution < -0.4 is 20.1 Å². The molecule has 0 saturated carbocycles. The maximum absolute atomic E-state index is 13.1. The number of thiocarbonyl (C=S) groups is 1. The minimum atomic E-state index is -0.309. The Morgan fingerprint density at radius 2 is 2.00 bits per heavy atom. The van der Waals surface area contributed by atoms with Gasteiger partial charge in [-0.1, -0.05) is 12.1 Å². The van der Waals surface area contributed by atoms with Crippen molar-refractivity contribution < 1.29 is 13.9 Å². The Hall–Kier alpha value is -1.86. The lowest BCUT2D eigenvalue weighted by atomic mass is 10.1. The number of anilines is 1. The minimum absolute atomic E-state index is 0.309. The molecule has 0 heterocycles. The number of benzene rings is 2. The van der Waals surface area contributed by atoms with E-state index in [1.807, 2.05) is 18.2 Å². The molecule has 0 atom stereocenters. The number of nitrogens with one attached hydrogen (secondary N) is 2. The molecular formula is C17H18BrFN2O2S. The molecule has 2 N–H and O–H groups in total. The van der Waals surface area contributed by atoms with Crippen LogP contribution in [0.1, 0.15) is 5.56 Å². The highest BCUT2D eigenvalue weighted by Crippen LogP contribution is 2.30. The molecule has 24 heavy (non-hydrogen) atoms. The van der Waals surface area contributed by atoms with E-state index in [2.05, 4.69) is 26.6 Å². The van der Waals surface area contributed by atoms with E-state index in [1.165, 1.54) is 12.1 Å². The van der Waals surface area contributed by atoms with Crippen molar-refractivity contribution >= 4 is 38.9 Å². The highest BCUT2D eigenvalue weighted by Gasteiger charge is 2.09. The molecule has 7 heteroatoms. The van der Waals surface area contributed by atoms with Crippen molar-refractivity contribution in [3.63, 3.8) is 0 Å². The van der Waals surface area contributed by atoms with E-state index in [-0.39, 0.29) is 5.82 Å². The zero-order valence-electron chi connectivity index (χ0n) is 13.4. The topological polar surface area (TPSA) is 42.5 Å². The van der Waals surface area contributed by atoms with Gasteiger partial charge in [0.2, 0.25) is 0 Å². The van der Waals surface area contributed by atoms with Crippen molar-refractivity contribution in [2.75, 3.05) is 26.1 Å². The molecule has 0 aliphatic heterocycles. The maximum Gasteiger partial charge on any atom is 0.170 e. The summed E-state index contributed by atoms with van der Waals surface area (Å²) in [6.45, 7) is 0.619. The Morgan fingerprint density at radius 3 is 2.67 bits per heavy atom. The number of ether oxygens (including phenoxy) is 2. The second-order valence-corrected chi connectivity index (χ2v) is 6.17. The Morgan fingerprint density at radius 1 is 1.21 bits per heavy atom. The standard InChI is InChI=1S/C17H18BrFN2O2S/c1-22-15-5-3-4-11(16(15)23-2)8-9-20-17(24)21-14-7-6-12(19)10-13(14)18/h3-7,10H,8-9H2,1-2H3,(H2,20,21,24). The Bertz CT molecular complexity index is 728. The van der Waals surface area contributed by atoms with Crippen molar-refractivity contribution in [1.29, 1.82) is 0 Å². The van der Waals surface area contributed by atoms with Crippen molar-refractivity contribution in [3.8, 4) is 11.5 Å². The molecule has 2 aromatic carbocycles. The molecule has 2 rings (SSSR count). The molecule has 0 spiro atoms. The predicted octanol–water partition coefficient (Wildman–Crippen LogP) is 4.13. The van der Waals surface area contributed by atoms with Gasteiger partial charge in [-0.05, 0) is 64.4 Å². The lowest BCUT2D eigenvalue weighted by Crippen LogP contribution is -2.30. The predicted molar refractivity (Wildman–Crippen MR) is 102 cm³/mol. The Kier molecular flexibility index (Phi) is 6.81. The third kappa shape index (κ3) is 4.82. The van der Waals surface area contributed by atoms with E-state index in [0.29, 0.717) is 34.0 Å². The Balaban J connectivity index is 1.91. The van der Waals surface area contributed by atoms with Crippen LogP contribution in [0.25, 0.3) is 0 Å². The molecule has 0 amide bonds. The quantitative estimate of drug-likeness (QED) is 0.698. The number of methoxy groups -OCH3 is 2. The van der Waals surface area contributed by atoms with Gasteiger partial charge < -0.3 is 20.1 Å². The average Bonchev–Trinajstić information content (AvgIpc) is 2.57. The van der Waals surface area contributed by atoms with Crippen molar-refractivity contribution in [1.82, 2.24) is 5.32 Å². The van der Waals surface area contributed by atoms with E-state index in [0.717, 1.165) is 11.3 Å². The highest BCUT2D eigenvalue weighted by molar-refractivity contribution is 9.10. The summed E-state index contributed by atoms with van der Waals surface area (Å²) in [7, 11) is 3.23. The van der Waals surface area contributed by atoms with Gasteiger partial charge in [0.1, 0.15) is 5.82 Å². The first kappa shape index (κ1) is 18.5. The summed E-state index contributed by atoms with van der Waals surface area (Å²) in [5.74, 6) is 1.12. The molecule has 0 saturated heterocycles. The van der Waals surface area contributed by atoms with E-state index in [4.69, 9.17) is 21.7 Å². The molecule has 0 aromatic heterocycles. The Labute approximate surface area is 154 Å². The molecule has 0 unspecified atom stereocenters. The van der Waals surface area contributed by atoms with Crippen LogP contribution >= 0.6 is 28.1 Å². The highest BCUT2D eigenvalue weighted by atomic mass is 79.9. The number of hydrogen-bond acceptors (Lipinski definition) is 3. The number of hydrogen-bond donors (Lipinski definition) is 2. The van der Waals surface area contributed by atoms with Gasteiger partial charge in [-0.2, -0.15) is 0 Å². The lowest BCUT2D eigenvalue weighted by molar-refractivity contribution is 0.351. The first-order chi connectivity index (χ1) is 11.5. The summed E-state index contributed by atoms with van der Waals surface area (Å²) < 4.78 is 24.4. The fourth-order valence-electron chi connectivity index (χ4n) is 2.22. The first-order valence-corrected chi connectivity index (χ1v) is 8.45. The molecule has 2 aromatic rings. The van der Waals surface area contributed by atoms with Crippen LogP contribution in [-0.4, -0.2) is 25.9 Å². The molecule has 0 fully saturated rings. The van der Waals surface area contributed by atoms with Gasteiger partial charge in [0, 0.05) is 11.0 Å². The third-order valence-electron chi connectivity index (χ3n) is 3.34. The van der Waals surface area contributed by atoms with Gasteiger partial charge >= 0.3 is 0 Å². The minimum Gasteiger partial charge on any atom is -0.493 e. The summed E-state index contributed by atoms with van der Waals surface area (Å²) >= 11 is 8.56. The summed E-state index contributed by atoms with van der Waals surface area (Å²) in [6, 6.07) is 10.1. The summed E-state index contributed by atoms with van der Waals surface area (Å²) in [6.07, 6.45) is 0.715. The van der Waals surface area contributed by atoms with Gasteiger partial charge in [-0.25, -0.2) is 4.39 Å². The van der Waals surface area contributed by atoms with E-state index < -0.39 is 0 Å². The lowest BCUT2D eigenvalue weighted by Gasteiger charge is -2.14. The number of halogens is 2. The fourth-order valence-corrected chi connectivity index (χ4v) is 2.88. The van der Waals surface area contributed by atoms with Gasteiger partial charge in [0.05, 0.1) is 19.9 Å². The second kappa shape index (κ2) is 8.84. The zero-order valence-corrected chi connectivity index (χ0v) is 15.8. The number of rotatable bonds is 6. The van der Waals surface area contributed by atoms with Crippen LogP contribution in [0.5, 0.6) is 11.5 Å². The van der Waals surface area contributed by atoms with Gasteiger partial charge in [-0.15, -0.1) is 0 Å².